The van der Waals surface area contributed by atoms with Crippen LogP contribution in [0.1, 0.15) is 35.4 Å². The third-order valence-corrected chi connectivity index (χ3v) is 7.85. The summed E-state index contributed by atoms with van der Waals surface area (Å²) in [6, 6.07) is 2.06. The number of carbonyl (C=O) groups excluding carboxylic acids is 2. The number of aromatic nitrogens is 2. The number of rotatable bonds is 4. The predicted molar refractivity (Wildman–Crippen MR) is 130 cm³/mol. The lowest BCUT2D eigenvalue weighted by Crippen LogP contribution is -2.49. The molecule has 1 saturated heterocycles. The van der Waals surface area contributed by atoms with E-state index in [9.17, 15) is 9.59 Å². The first kappa shape index (κ1) is 22.0. The number of fused-ring (bicyclic) bond motifs is 1. The van der Waals surface area contributed by atoms with E-state index in [1.165, 1.54) is 5.57 Å². The molecule has 0 bridgehead atoms. The second-order valence-corrected chi connectivity index (χ2v) is 10.3. The van der Waals surface area contributed by atoms with Crippen LogP contribution in [0.5, 0.6) is 0 Å². The Hall–Kier alpha value is -2.84. The fraction of sp³-hybridized carbons (Fsp3) is 0.440. The average molecular weight is 464 g/mol. The van der Waals surface area contributed by atoms with Gasteiger partial charge in [0.1, 0.15) is 5.82 Å². The summed E-state index contributed by atoms with van der Waals surface area (Å²) in [5.74, 6) is 0.765. The van der Waals surface area contributed by atoms with E-state index in [0.29, 0.717) is 18.8 Å². The van der Waals surface area contributed by atoms with Gasteiger partial charge < -0.3 is 15.1 Å². The Labute approximate surface area is 198 Å². The minimum absolute atomic E-state index is 0.0114. The number of thiazole rings is 1. The highest BCUT2D eigenvalue weighted by molar-refractivity contribution is 7.09. The molecule has 2 aromatic rings. The molecule has 1 spiro atoms. The fourth-order valence-corrected chi connectivity index (χ4v) is 5.55. The van der Waals surface area contributed by atoms with E-state index in [0.717, 1.165) is 61.5 Å². The molecule has 2 aromatic heterocycles. The van der Waals surface area contributed by atoms with Crippen LogP contribution in [0.15, 0.2) is 41.6 Å². The van der Waals surface area contributed by atoms with Crippen molar-refractivity contribution < 1.29 is 9.59 Å². The molecule has 3 aliphatic rings. The zero-order valence-corrected chi connectivity index (χ0v) is 19.7. The highest BCUT2D eigenvalue weighted by Gasteiger charge is 2.44. The van der Waals surface area contributed by atoms with Crippen molar-refractivity contribution in [1.29, 1.82) is 0 Å². The van der Waals surface area contributed by atoms with Crippen LogP contribution in [0.4, 0.5) is 5.82 Å². The third-order valence-electron chi connectivity index (χ3n) is 7.07. The van der Waals surface area contributed by atoms with Crippen LogP contribution in [-0.4, -0.2) is 64.8 Å². The Morgan fingerprint density at radius 1 is 1.27 bits per heavy atom. The molecule has 172 valence electrons. The molecule has 0 aromatic carbocycles. The van der Waals surface area contributed by atoms with Gasteiger partial charge in [-0.15, -0.1) is 11.3 Å². The van der Waals surface area contributed by atoms with Crippen molar-refractivity contribution in [2.75, 3.05) is 38.5 Å². The Morgan fingerprint density at radius 3 is 2.85 bits per heavy atom. The van der Waals surface area contributed by atoms with Gasteiger partial charge >= 0.3 is 0 Å². The highest BCUT2D eigenvalue weighted by Crippen LogP contribution is 2.40. The zero-order valence-electron chi connectivity index (χ0n) is 18.9. The quantitative estimate of drug-likeness (QED) is 0.557. The number of nitrogens with zero attached hydrogens (tertiary/aromatic N) is 4. The average Bonchev–Trinajstić information content (AvgIpc) is 3.34. The number of anilines is 1. The van der Waals surface area contributed by atoms with Gasteiger partial charge in [-0.05, 0) is 69.1 Å². The van der Waals surface area contributed by atoms with Crippen molar-refractivity contribution in [3.05, 3.63) is 57.7 Å². The number of pyridine rings is 1. The molecular formula is C25H29N5O2S. The number of nitrogens with one attached hydrogen (secondary N) is 1. The second kappa shape index (κ2) is 9.19. The lowest BCUT2D eigenvalue weighted by atomic mass is 9.71. The predicted octanol–water partition coefficient (Wildman–Crippen LogP) is 3.16. The van der Waals surface area contributed by atoms with Crippen molar-refractivity contribution >= 4 is 35.0 Å². The first-order valence-corrected chi connectivity index (χ1v) is 12.4. The summed E-state index contributed by atoms with van der Waals surface area (Å²) in [7, 11) is 2.10. The Kier molecular flexibility index (Phi) is 6.12. The van der Waals surface area contributed by atoms with Crippen molar-refractivity contribution in [1.82, 2.24) is 19.8 Å². The minimum Gasteiger partial charge on any atom is -0.335 e. The molecule has 2 amide bonds. The molecule has 1 N–H and O–H groups in total. The minimum atomic E-state index is -0.337. The van der Waals surface area contributed by atoms with Gasteiger partial charge in [0.2, 0.25) is 11.8 Å². The summed E-state index contributed by atoms with van der Waals surface area (Å²) in [6.07, 6.45) is 13.4. The van der Waals surface area contributed by atoms with E-state index in [2.05, 4.69) is 39.4 Å². The maximum absolute atomic E-state index is 12.8. The van der Waals surface area contributed by atoms with E-state index < -0.39 is 0 Å². The van der Waals surface area contributed by atoms with Gasteiger partial charge in [0.05, 0.1) is 10.4 Å². The fourth-order valence-electron chi connectivity index (χ4n) is 4.88. The number of likely N-dealkylation sites (tertiary alicyclic amines) is 1. The van der Waals surface area contributed by atoms with E-state index in [1.54, 1.807) is 23.6 Å². The van der Waals surface area contributed by atoms with Gasteiger partial charge in [-0.3, -0.25) is 9.59 Å². The lowest BCUT2D eigenvalue weighted by Gasteiger charge is -2.42. The van der Waals surface area contributed by atoms with Crippen LogP contribution in [0.2, 0.25) is 0 Å². The molecule has 0 atom stereocenters. The first-order valence-electron chi connectivity index (χ1n) is 11.5. The van der Waals surface area contributed by atoms with Crippen LogP contribution >= 0.6 is 11.3 Å². The Morgan fingerprint density at radius 2 is 2.12 bits per heavy atom. The van der Waals surface area contributed by atoms with Crippen LogP contribution in [-0.2, 0) is 22.4 Å². The molecule has 0 saturated carbocycles. The standard InChI is InChI=1S/C25H29N5O2S/c1-29-11-6-25(7-12-29)16-20-14-19(17-27-23(20)28-24(25)32)2-3-22(31)30-9-4-18(5-10-30)15-21-26-8-13-33-21/h2-4,8,13-14,17H,5-7,9-12,15-16H2,1H3,(H,27,28,32). The summed E-state index contributed by atoms with van der Waals surface area (Å²) < 4.78 is 0. The van der Waals surface area contributed by atoms with Crippen LogP contribution in [0, 0.1) is 5.41 Å². The molecule has 7 nitrogen and oxygen atoms in total. The van der Waals surface area contributed by atoms with Gasteiger partial charge in [0, 0.05) is 43.4 Å². The molecule has 33 heavy (non-hydrogen) atoms. The molecule has 3 aliphatic heterocycles. The molecule has 0 unspecified atom stereocenters. The largest absolute Gasteiger partial charge is 0.335 e. The first-order chi connectivity index (χ1) is 16.0. The highest BCUT2D eigenvalue weighted by atomic mass is 32.1. The Balaban J connectivity index is 1.22. The van der Waals surface area contributed by atoms with Crippen molar-refractivity contribution in [2.24, 2.45) is 5.41 Å². The van der Waals surface area contributed by atoms with Crippen LogP contribution in [0.3, 0.4) is 0 Å². The molecule has 8 heteroatoms. The van der Waals surface area contributed by atoms with E-state index in [-0.39, 0.29) is 17.2 Å². The number of piperidine rings is 1. The van der Waals surface area contributed by atoms with E-state index >= 15 is 0 Å². The van der Waals surface area contributed by atoms with Crippen molar-refractivity contribution in [2.45, 2.75) is 32.1 Å². The number of amides is 2. The SMILES string of the molecule is CN1CCC2(CC1)Cc1cc(C=CC(=O)N3CC=C(Cc4nccs4)CC3)cnc1NC2=O. The topological polar surface area (TPSA) is 78.4 Å². The molecule has 0 aliphatic carbocycles. The Bertz CT molecular complexity index is 1100. The van der Waals surface area contributed by atoms with Crippen LogP contribution in [0.25, 0.3) is 6.08 Å². The summed E-state index contributed by atoms with van der Waals surface area (Å²) in [6.45, 7) is 3.22. The summed E-state index contributed by atoms with van der Waals surface area (Å²) in [4.78, 5) is 38.5. The second-order valence-electron chi connectivity index (χ2n) is 9.32. The van der Waals surface area contributed by atoms with E-state index in [1.807, 2.05) is 22.6 Å². The van der Waals surface area contributed by atoms with Gasteiger partial charge in [0.25, 0.3) is 0 Å². The van der Waals surface area contributed by atoms with Crippen molar-refractivity contribution in [3.63, 3.8) is 0 Å². The lowest BCUT2D eigenvalue weighted by molar-refractivity contribution is -0.128. The normalized spacial score (nSPS) is 20.6. The molecular weight excluding hydrogens is 434 g/mol. The summed E-state index contributed by atoms with van der Waals surface area (Å²) in [5.41, 5.74) is 2.96. The number of hydrogen-bond donors (Lipinski definition) is 1. The van der Waals surface area contributed by atoms with Gasteiger partial charge in [-0.25, -0.2) is 9.97 Å². The zero-order chi connectivity index (χ0) is 22.8. The van der Waals surface area contributed by atoms with Gasteiger partial charge in [0.15, 0.2) is 0 Å². The van der Waals surface area contributed by atoms with Crippen molar-refractivity contribution in [3.8, 4) is 0 Å². The smallest absolute Gasteiger partial charge is 0.246 e. The van der Waals surface area contributed by atoms with E-state index in [4.69, 9.17) is 0 Å². The monoisotopic (exact) mass is 463 g/mol. The molecule has 5 rings (SSSR count). The van der Waals surface area contributed by atoms with Gasteiger partial charge in [-0.1, -0.05) is 11.6 Å². The molecule has 0 radical (unpaired) electrons. The third kappa shape index (κ3) is 4.77. The van der Waals surface area contributed by atoms with Gasteiger partial charge in [-0.2, -0.15) is 0 Å². The maximum Gasteiger partial charge on any atom is 0.246 e. The number of hydrogen-bond acceptors (Lipinski definition) is 6. The molecule has 1 fully saturated rings. The maximum atomic E-state index is 12.8. The number of carbonyl (C=O) groups is 2. The van der Waals surface area contributed by atoms with Crippen LogP contribution < -0.4 is 5.32 Å². The summed E-state index contributed by atoms with van der Waals surface area (Å²) in [5, 5.41) is 6.14. The summed E-state index contributed by atoms with van der Waals surface area (Å²) >= 11 is 1.67. The molecule has 5 heterocycles.